The van der Waals surface area contributed by atoms with Crippen molar-refractivity contribution in [1.29, 1.82) is 0 Å². The second kappa shape index (κ2) is 6.99. The van der Waals surface area contributed by atoms with Crippen LogP contribution in [0.3, 0.4) is 0 Å². The van der Waals surface area contributed by atoms with Gasteiger partial charge in [0, 0.05) is 6.42 Å². The van der Waals surface area contributed by atoms with Crippen LogP contribution in [0.2, 0.25) is 0 Å². The maximum Gasteiger partial charge on any atom is 0.342 e. The molecule has 0 aliphatic heterocycles. The molecule has 1 aromatic carbocycles. The van der Waals surface area contributed by atoms with Gasteiger partial charge in [0.05, 0.1) is 7.11 Å². The van der Waals surface area contributed by atoms with Crippen molar-refractivity contribution in [2.75, 3.05) is 7.11 Å². The van der Waals surface area contributed by atoms with Crippen molar-refractivity contribution in [1.82, 2.24) is 10.2 Å². The first kappa shape index (κ1) is 15.9. The molecular weight excluding hydrogens is 308 g/mol. The monoisotopic (exact) mass is 321 g/mol. The minimum atomic E-state index is -1.13. The number of carbonyl (C=O) groups is 1. The fourth-order valence-corrected chi connectivity index (χ4v) is 2.27. The molecule has 0 amide bonds. The Kier molecular flexibility index (Phi) is 5.05. The number of methoxy groups -OCH3 is 1. The molecule has 0 aliphatic carbocycles. The molecule has 22 heavy (non-hydrogen) atoms. The third kappa shape index (κ3) is 3.79. The molecule has 0 saturated heterocycles. The van der Waals surface area contributed by atoms with Gasteiger partial charge in [0.1, 0.15) is 10.7 Å². The number of benzene rings is 1. The van der Waals surface area contributed by atoms with E-state index in [2.05, 4.69) is 10.2 Å². The van der Waals surface area contributed by atoms with Gasteiger partial charge in [-0.25, -0.2) is 4.79 Å². The van der Waals surface area contributed by atoms with Crippen molar-refractivity contribution < 1.29 is 24.2 Å². The average molecular weight is 321 g/mol. The Morgan fingerprint density at radius 3 is 2.86 bits per heavy atom. The van der Waals surface area contributed by atoms with E-state index >= 15 is 0 Å². The van der Waals surface area contributed by atoms with Gasteiger partial charge in [0.15, 0.2) is 0 Å². The highest BCUT2D eigenvalue weighted by molar-refractivity contribution is 8.03. The van der Waals surface area contributed by atoms with E-state index in [4.69, 9.17) is 9.15 Å². The first-order valence-corrected chi connectivity index (χ1v) is 7.15. The Hall–Kier alpha value is -2.48. The summed E-state index contributed by atoms with van der Waals surface area (Å²) in [6.07, 6.45) is 1.98. The van der Waals surface area contributed by atoms with E-state index in [9.17, 15) is 15.0 Å². The molecular formula is C14H13N2O5S-. The van der Waals surface area contributed by atoms with Crippen LogP contribution in [0.1, 0.15) is 18.4 Å². The maximum atomic E-state index is 11.4. The number of nitrogens with zero attached hydrogens (tertiary/aromatic N) is 2. The van der Waals surface area contributed by atoms with E-state index in [-0.39, 0.29) is 21.6 Å². The fourth-order valence-electron chi connectivity index (χ4n) is 1.58. The molecule has 1 aromatic heterocycles. The van der Waals surface area contributed by atoms with Gasteiger partial charge in [-0.15, -0.1) is 10.2 Å². The van der Waals surface area contributed by atoms with Crippen LogP contribution in [-0.2, 0) is 11.2 Å². The maximum absolute atomic E-state index is 11.4. The van der Waals surface area contributed by atoms with Crippen molar-refractivity contribution in [3.8, 4) is 11.5 Å². The lowest BCUT2D eigenvalue weighted by molar-refractivity contribution is -0.270. The van der Waals surface area contributed by atoms with Crippen molar-refractivity contribution in [2.24, 2.45) is 0 Å². The third-order valence-corrected chi connectivity index (χ3v) is 3.50. The van der Waals surface area contributed by atoms with Crippen molar-refractivity contribution in [3.05, 3.63) is 34.6 Å². The van der Waals surface area contributed by atoms with Gasteiger partial charge in [-0.2, -0.15) is 0 Å². The Morgan fingerprint density at radius 1 is 1.50 bits per heavy atom. The molecule has 0 radical (unpaired) electrons. The summed E-state index contributed by atoms with van der Waals surface area (Å²) in [5.74, 6) is -0.820. The molecule has 0 spiro atoms. The predicted molar refractivity (Wildman–Crippen MR) is 77.6 cm³/mol. The Balaban J connectivity index is 2.28. The van der Waals surface area contributed by atoms with Crippen molar-refractivity contribution in [2.45, 2.75) is 18.6 Å². The summed E-state index contributed by atoms with van der Waals surface area (Å²) in [7, 11) is 1.38. The number of aliphatic carboxylic acids is 1. The van der Waals surface area contributed by atoms with E-state index < -0.39 is 5.97 Å². The SMILES string of the molecule is CCc1nnc(S/C(=C\c2ccc([O-])c(OC)c2)C(=O)O)o1. The standard InChI is InChI=1S/C14H14N2O5S/c1-3-12-15-16-14(21-12)22-11(13(18)19)7-8-4-5-9(17)10(6-8)20-2/h4-7,17H,3H2,1-2H3,(H,18,19)/p-1/b11-7-. The molecule has 0 bridgehead atoms. The summed E-state index contributed by atoms with van der Waals surface area (Å²) < 4.78 is 10.2. The number of aryl methyl sites for hydroxylation is 1. The summed E-state index contributed by atoms with van der Waals surface area (Å²) in [5, 5.41) is 28.4. The molecule has 0 atom stereocenters. The molecule has 1 N–H and O–H groups in total. The van der Waals surface area contributed by atoms with Gasteiger partial charge >= 0.3 is 5.97 Å². The molecule has 1 heterocycles. The van der Waals surface area contributed by atoms with E-state index in [0.717, 1.165) is 11.8 Å². The Labute approximate surface area is 130 Å². The summed E-state index contributed by atoms with van der Waals surface area (Å²) in [5.41, 5.74) is 0.525. The third-order valence-electron chi connectivity index (χ3n) is 2.64. The molecule has 0 aliphatic rings. The molecule has 116 valence electrons. The molecule has 2 rings (SSSR count). The Morgan fingerprint density at radius 2 is 2.27 bits per heavy atom. The smallest absolute Gasteiger partial charge is 0.342 e. The second-order valence-corrected chi connectivity index (χ2v) is 5.13. The van der Waals surface area contributed by atoms with Crippen LogP contribution in [0.25, 0.3) is 6.08 Å². The zero-order chi connectivity index (χ0) is 16.1. The van der Waals surface area contributed by atoms with Crippen molar-refractivity contribution >= 4 is 23.8 Å². The van der Waals surface area contributed by atoms with Gasteiger partial charge in [-0.05, 0) is 29.5 Å². The lowest BCUT2D eigenvalue weighted by atomic mass is 10.2. The number of thioether (sulfide) groups is 1. The topological polar surface area (TPSA) is 109 Å². The minimum absolute atomic E-state index is 0.00740. The number of rotatable bonds is 6. The van der Waals surface area contributed by atoms with E-state index in [0.29, 0.717) is 17.9 Å². The van der Waals surface area contributed by atoms with Gasteiger partial charge in [-0.1, -0.05) is 24.8 Å². The number of hydrogen-bond acceptors (Lipinski definition) is 7. The van der Waals surface area contributed by atoms with Crippen LogP contribution in [0.5, 0.6) is 11.5 Å². The number of carboxylic acids is 1. The number of carboxylic acid groups (broad SMARTS) is 1. The summed E-state index contributed by atoms with van der Waals surface area (Å²) in [6.45, 7) is 1.85. The molecule has 2 aromatic rings. The van der Waals surface area contributed by atoms with Crippen molar-refractivity contribution in [3.63, 3.8) is 0 Å². The van der Waals surface area contributed by atoms with Crippen LogP contribution >= 0.6 is 11.8 Å². The number of aromatic nitrogens is 2. The van der Waals surface area contributed by atoms with Crippen LogP contribution < -0.4 is 9.84 Å². The quantitative estimate of drug-likeness (QED) is 0.635. The minimum Gasteiger partial charge on any atom is -0.870 e. The lowest BCUT2D eigenvalue weighted by Crippen LogP contribution is -1.98. The first-order chi connectivity index (χ1) is 10.5. The molecule has 7 nitrogen and oxygen atoms in total. The summed E-state index contributed by atoms with van der Waals surface area (Å²) >= 11 is 0.848. The van der Waals surface area contributed by atoms with Crippen LogP contribution in [0.15, 0.2) is 32.7 Å². The highest BCUT2D eigenvalue weighted by Gasteiger charge is 2.14. The molecule has 0 saturated carbocycles. The van der Waals surface area contributed by atoms with Gasteiger partial charge in [0.2, 0.25) is 5.89 Å². The fraction of sp³-hybridized carbons (Fsp3) is 0.214. The lowest BCUT2D eigenvalue weighted by Gasteiger charge is -2.12. The normalized spacial score (nSPS) is 11.5. The predicted octanol–water partition coefficient (Wildman–Crippen LogP) is 1.93. The highest BCUT2D eigenvalue weighted by atomic mass is 32.2. The van der Waals surface area contributed by atoms with Crippen LogP contribution in [-0.4, -0.2) is 28.4 Å². The van der Waals surface area contributed by atoms with Gasteiger partial charge in [0.25, 0.3) is 5.22 Å². The summed E-state index contributed by atoms with van der Waals surface area (Å²) in [4.78, 5) is 11.3. The Bertz CT molecular complexity index is 711. The zero-order valence-electron chi connectivity index (χ0n) is 11.9. The van der Waals surface area contributed by atoms with E-state index in [1.165, 1.54) is 31.4 Å². The molecule has 0 fully saturated rings. The number of hydrogen-bond donors (Lipinski definition) is 1. The first-order valence-electron chi connectivity index (χ1n) is 6.33. The average Bonchev–Trinajstić information content (AvgIpc) is 2.96. The van der Waals surface area contributed by atoms with Gasteiger partial charge < -0.3 is 19.4 Å². The van der Waals surface area contributed by atoms with Crippen LogP contribution in [0.4, 0.5) is 0 Å². The summed E-state index contributed by atoms with van der Waals surface area (Å²) in [6, 6.07) is 4.30. The van der Waals surface area contributed by atoms with Gasteiger partial charge in [-0.3, -0.25) is 0 Å². The van der Waals surface area contributed by atoms with Crippen LogP contribution in [0, 0.1) is 0 Å². The molecule has 8 heteroatoms. The molecule has 0 unspecified atom stereocenters. The largest absolute Gasteiger partial charge is 0.870 e. The number of ether oxygens (including phenoxy) is 1. The second-order valence-electron chi connectivity index (χ2n) is 4.14. The van der Waals surface area contributed by atoms with E-state index in [1.54, 1.807) is 0 Å². The van der Waals surface area contributed by atoms with E-state index in [1.807, 2.05) is 6.92 Å². The highest BCUT2D eigenvalue weighted by Crippen LogP contribution is 2.30. The zero-order valence-corrected chi connectivity index (χ0v) is 12.7.